The Balaban J connectivity index is 2.11. The van der Waals surface area contributed by atoms with Crippen LogP contribution in [-0.2, 0) is 0 Å². The van der Waals surface area contributed by atoms with Crippen LogP contribution < -0.4 is 16.2 Å². The minimum absolute atomic E-state index is 0.610. The summed E-state index contributed by atoms with van der Waals surface area (Å²) < 4.78 is 0. The van der Waals surface area contributed by atoms with E-state index in [1.807, 2.05) is 6.92 Å². The van der Waals surface area contributed by atoms with Crippen LogP contribution in [0.5, 0.6) is 0 Å². The lowest BCUT2D eigenvalue weighted by Gasteiger charge is -2.27. The second-order valence-electron chi connectivity index (χ2n) is 4.97. The SMILES string of the molecule is Cc1c(NN)ncnc1N(C)CC1CCCN1C. The molecule has 0 aliphatic carbocycles. The number of likely N-dealkylation sites (tertiary alicyclic amines) is 1. The molecule has 0 aromatic carbocycles. The van der Waals surface area contributed by atoms with E-state index in [-0.39, 0.29) is 0 Å². The monoisotopic (exact) mass is 250 g/mol. The maximum absolute atomic E-state index is 5.44. The second-order valence-corrected chi connectivity index (χ2v) is 4.97. The van der Waals surface area contributed by atoms with Crippen LogP contribution in [0.3, 0.4) is 0 Å². The van der Waals surface area contributed by atoms with Gasteiger partial charge in [0.1, 0.15) is 18.0 Å². The van der Waals surface area contributed by atoms with Gasteiger partial charge in [0.05, 0.1) is 0 Å². The molecule has 1 aliphatic rings. The largest absolute Gasteiger partial charge is 0.358 e. The first kappa shape index (κ1) is 13.0. The van der Waals surface area contributed by atoms with Gasteiger partial charge >= 0.3 is 0 Å². The van der Waals surface area contributed by atoms with Crippen molar-refractivity contribution in [2.45, 2.75) is 25.8 Å². The van der Waals surface area contributed by atoms with Crippen molar-refractivity contribution in [3.63, 3.8) is 0 Å². The van der Waals surface area contributed by atoms with Crippen LogP contribution >= 0.6 is 0 Å². The molecule has 2 heterocycles. The third-order valence-electron chi connectivity index (χ3n) is 3.71. The van der Waals surface area contributed by atoms with E-state index in [0.29, 0.717) is 11.9 Å². The van der Waals surface area contributed by atoms with Gasteiger partial charge in [0.15, 0.2) is 0 Å². The molecule has 0 spiro atoms. The number of nitrogen functional groups attached to an aromatic ring is 1. The topological polar surface area (TPSA) is 70.3 Å². The van der Waals surface area contributed by atoms with Gasteiger partial charge in [-0.3, -0.25) is 0 Å². The molecular formula is C12H22N6. The van der Waals surface area contributed by atoms with Gasteiger partial charge in [-0.1, -0.05) is 0 Å². The summed E-state index contributed by atoms with van der Waals surface area (Å²) in [4.78, 5) is 13.1. The van der Waals surface area contributed by atoms with E-state index in [0.717, 1.165) is 17.9 Å². The molecule has 0 amide bonds. The summed E-state index contributed by atoms with van der Waals surface area (Å²) in [5.41, 5.74) is 3.59. The van der Waals surface area contributed by atoms with E-state index in [9.17, 15) is 0 Å². The van der Waals surface area contributed by atoms with Gasteiger partial charge in [-0.2, -0.15) is 0 Å². The van der Waals surface area contributed by atoms with Gasteiger partial charge in [0, 0.05) is 25.2 Å². The molecule has 6 nitrogen and oxygen atoms in total. The summed E-state index contributed by atoms with van der Waals surface area (Å²) in [6, 6.07) is 0.610. The smallest absolute Gasteiger partial charge is 0.148 e. The van der Waals surface area contributed by atoms with Crippen molar-refractivity contribution in [2.24, 2.45) is 5.84 Å². The van der Waals surface area contributed by atoms with Gasteiger partial charge in [0.25, 0.3) is 0 Å². The molecule has 1 saturated heterocycles. The zero-order chi connectivity index (χ0) is 13.1. The van der Waals surface area contributed by atoms with Crippen molar-refractivity contribution in [3.05, 3.63) is 11.9 Å². The molecule has 0 radical (unpaired) electrons. The molecule has 2 rings (SSSR count). The number of likely N-dealkylation sites (N-methyl/N-ethyl adjacent to an activating group) is 2. The molecule has 1 aromatic heterocycles. The van der Waals surface area contributed by atoms with Crippen molar-refractivity contribution in [3.8, 4) is 0 Å². The van der Waals surface area contributed by atoms with E-state index in [1.54, 1.807) is 6.33 Å². The molecular weight excluding hydrogens is 228 g/mol. The Bertz CT molecular complexity index is 408. The average Bonchev–Trinajstić information content (AvgIpc) is 2.75. The Hall–Kier alpha value is -1.40. The normalized spacial score (nSPS) is 20.1. The van der Waals surface area contributed by atoms with Gasteiger partial charge < -0.3 is 15.2 Å². The summed E-state index contributed by atoms with van der Waals surface area (Å²) in [6.45, 7) is 4.16. The van der Waals surface area contributed by atoms with E-state index in [4.69, 9.17) is 5.84 Å². The Morgan fingerprint density at radius 1 is 1.56 bits per heavy atom. The first-order chi connectivity index (χ1) is 8.63. The lowest BCUT2D eigenvalue weighted by Crippen LogP contribution is -2.37. The molecule has 18 heavy (non-hydrogen) atoms. The van der Waals surface area contributed by atoms with Gasteiger partial charge in [-0.15, -0.1) is 0 Å². The molecule has 1 atom stereocenters. The van der Waals surface area contributed by atoms with Crippen molar-refractivity contribution < 1.29 is 0 Å². The van der Waals surface area contributed by atoms with Crippen molar-refractivity contribution >= 4 is 11.6 Å². The molecule has 0 saturated carbocycles. The maximum atomic E-state index is 5.44. The van der Waals surface area contributed by atoms with E-state index in [2.05, 4.69) is 39.3 Å². The fourth-order valence-corrected chi connectivity index (χ4v) is 2.58. The summed E-state index contributed by atoms with van der Waals surface area (Å²) in [5.74, 6) is 7.07. The number of hydrogen-bond donors (Lipinski definition) is 2. The molecule has 1 unspecified atom stereocenters. The summed E-state index contributed by atoms with van der Waals surface area (Å²) >= 11 is 0. The highest BCUT2D eigenvalue weighted by Crippen LogP contribution is 2.23. The second kappa shape index (κ2) is 5.49. The third kappa shape index (κ3) is 2.54. The number of nitrogens with one attached hydrogen (secondary N) is 1. The fraction of sp³-hybridized carbons (Fsp3) is 0.667. The standard InChI is InChI=1S/C12H22N6/c1-9-11(16-13)14-8-15-12(9)18(3)7-10-5-4-6-17(10)2/h8,10H,4-7,13H2,1-3H3,(H,14,15,16). The summed E-state index contributed by atoms with van der Waals surface area (Å²) in [7, 11) is 4.26. The molecule has 1 aliphatic heterocycles. The van der Waals surface area contributed by atoms with Crippen molar-refractivity contribution in [1.29, 1.82) is 0 Å². The Morgan fingerprint density at radius 3 is 2.94 bits per heavy atom. The Labute approximate surface area is 108 Å². The first-order valence-electron chi connectivity index (χ1n) is 6.33. The molecule has 1 aromatic rings. The number of nitrogens with zero attached hydrogens (tertiary/aromatic N) is 4. The minimum atomic E-state index is 0.610. The van der Waals surface area contributed by atoms with Gasteiger partial charge in [-0.05, 0) is 33.4 Å². The van der Waals surface area contributed by atoms with E-state index >= 15 is 0 Å². The number of anilines is 2. The van der Waals surface area contributed by atoms with Crippen LogP contribution in [0.25, 0.3) is 0 Å². The quantitative estimate of drug-likeness (QED) is 0.602. The van der Waals surface area contributed by atoms with E-state index < -0.39 is 0 Å². The third-order valence-corrected chi connectivity index (χ3v) is 3.71. The lowest BCUT2D eigenvalue weighted by molar-refractivity contribution is 0.314. The highest BCUT2D eigenvalue weighted by Gasteiger charge is 2.23. The zero-order valence-electron chi connectivity index (χ0n) is 11.3. The first-order valence-corrected chi connectivity index (χ1v) is 6.33. The molecule has 6 heteroatoms. The molecule has 0 bridgehead atoms. The fourth-order valence-electron chi connectivity index (χ4n) is 2.58. The van der Waals surface area contributed by atoms with Crippen LogP contribution in [0.4, 0.5) is 11.6 Å². The molecule has 3 N–H and O–H groups in total. The Kier molecular flexibility index (Phi) is 3.98. The summed E-state index contributed by atoms with van der Waals surface area (Å²) in [5, 5.41) is 0. The van der Waals surface area contributed by atoms with Crippen LogP contribution in [0.2, 0.25) is 0 Å². The van der Waals surface area contributed by atoms with Crippen molar-refractivity contribution in [2.75, 3.05) is 37.5 Å². The van der Waals surface area contributed by atoms with Crippen LogP contribution in [-0.4, -0.2) is 48.1 Å². The maximum Gasteiger partial charge on any atom is 0.148 e. The number of hydrazine groups is 1. The van der Waals surface area contributed by atoms with Gasteiger partial charge in [-0.25, -0.2) is 15.8 Å². The number of hydrogen-bond acceptors (Lipinski definition) is 6. The number of rotatable bonds is 4. The van der Waals surface area contributed by atoms with Crippen LogP contribution in [0, 0.1) is 6.92 Å². The number of aromatic nitrogens is 2. The van der Waals surface area contributed by atoms with E-state index in [1.165, 1.54) is 19.4 Å². The summed E-state index contributed by atoms with van der Waals surface area (Å²) in [6.07, 6.45) is 4.09. The van der Waals surface area contributed by atoms with Gasteiger partial charge in [0.2, 0.25) is 0 Å². The lowest BCUT2D eigenvalue weighted by atomic mass is 10.2. The predicted octanol–water partition coefficient (Wildman–Crippen LogP) is 0.601. The Morgan fingerprint density at radius 2 is 2.33 bits per heavy atom. The van der Waals surface area contributed by atoms with Crippen LogP contribution in [0.15, 0.2) is 6.33 Å². The van der Waals surface area contributed by atoms with Crippen LogP contribution in [0.1, 0.15) is 18.4 Å². The highest BCUT2D eigenvalue weighted by atomic mass is 15.3. The zero-order valence-corrected chi connectivity index (χ0v) is 11.3. The minimum Gasteiger partial charge on any atom is -0.358 e. The highest BCUT2D eigenvalue weighted by molar-refractivity contribution is 5.57. The van der Waals surface area contributed by atoms with Crippen molar-refractivity contribution in [1.82, 2.24) is 14.9 Å². The molecule has 1 fully saturated rings. The molecule has 100 valence electrons. The predicted molar refractivity (Wildman–Crippen MR) is 73.5 cm³/mol. The average molecular weight is 250 g/mol. The number of nitrogens with two attached hydrogens (primary N) is 1.